The second-order valence-corrected chi connectivity index (χ2v) is 22.1. The fraction of sp³-hybridized carbons (Fsp3) is 0.125. The van der Waals surface area contributed by atoms with Gasteiger partial charge in [-0.3, -0.25) is 0 Å². The Labute approximate surface area is 394 Å². The molecule has 16 rings (SSSR count). The molecule has 0 fully saturated rings. The minimum atomic E-state index is 0.00783. The molecule has 1 aliphatic carbocycles. The van der Waals surface area contributed by atoms with Gasteiger partial charge in [-0.2, -0.15) is 0 Å². The molecule has 0 radical (unpaired) electrons. The zero-order valence-corrected chi connectivity index (χ0v) is 39.1. The maximum Gasteiger partial charge on any atom is 0.252 e. The number of hydrogen-bond donors (Lipinski definition) is 0. The predicted molar refractivity (Wildman–Crippen MR) is 291 cm³/mol. The number of nitrogens with zero attached hydrogens (tertiary/aromatic N) is 3. The van der Waals surface area contributed by atoms with E-state index in [-0.39, 0.29) is 17.5 Å². The first kappa shape index (κ1) is 37.3. The lowest BCUT2D eigenvalue weighted by atomic mass is 9.34. The number of benzene rings is 10. The molecular formula is C64H46BN3. The van der Waals surface area contributed by atoms with E-state index >= 15 is 0 Å². The Morgan fingerprint density at radius 3 is 1.62 bits per heavy atom. The van der Waals surface area contributed by atoms with Crippen LogP contribution in [0.5, 0.6) is 0 Å². The van der Waals surface area contributed by atoms with E-state index in [2.05, 4.69) is 225 Å². The summed E-state index contributed by atoms with van der Waals surface area (Å²) in [6.45, 7) is 14.0. The Hall–Kier alpha value is -7.82. The lowest BCUT2D eigenvalue weighted by molar-refractivity contribution is 0.590. The lowest BCUT2D eigenvalue weighted by Crippen LogP contribution is -2.59. The van der Waals surface area contributed by atoms with Crippen LogP contribution in [0.2, 0.25) is 0 Å². The van der Waals surface area contributed by atoms with E-state index in [1.54, 1.807) is 0 Å². The summed E-state index contributed by atoms with van der Waals surface area (Å²) in [6, 6.07) is 66.0. The van der Waals surface area contributed by atoms with E-state index in [9.17, 15) is 0 Å². The van der Waals surface area contributed by atoms with Gasteiger partial charge in [0, 0.05) is 49.2 Å². The van der Waals surface area contributed by atoms with Crippen molar-refractivity contribution < 1.29 is 0 Å². The smallest absolute Gasteiger partial charge is 0.252 e. The molecule has 0 amide bonds. The molecule has 0 atom stereocenters. The molecular weight excluding hydrogens is 822 g/mol. The molecule has 5 heterocycles. The average Bonchev–Trinajstić information content (AvgIpc) is 3.97. The second-order valence-electron chi connectivity index (χ2n) is 22.1. The molecule has 0 bridgehead atoms. The maximum atomic E-state index is 2.68. The van der Waals surface area contributed by atoms with Gasteiger partial charge in [-0.05, 0) is 131 Å². The first-order valence-corrected chi connectivity index (χ1v) is 24.4. The number of rotatable bonds is 1. The zero-order valence-electron chi connectivity index (χ0n) is 39.1. The molecule has 13 aromatic rings. The molecule has 320 valence electrons. The quantitative estimate of drug-likeness (QED) is 0.146. The predicted octanol–water partition coefficient (Wildman–Crippen LogP) is 14.7. The van der Waals surface area contributed by atoms with Crippen molar-refractivity contribution in [3.05, 3.63) is 181 Å². The molecule has 3 aliphatic rings. The number of aromatic nitrogens is 3. The van der Waals surface area contributed by atoms with Gasteiger partial charge in [0.1, 0.15) is 0 Å². The SMILES string of the molecule is CC(C)(C)c1ccc2c(c1)c1cc(C(C)(C)C)ccc1n2-c1cc2c3c(c1)-n1c4cccc5c4c4c6c(cccc6cc(c41)B3c1cccc3c4c6ccccc6ccc4n-2c13)-c1ccccc1-5. The normalized spacial score (nSPS) is 13.7. The van der Waals surface area contributed by atoms with Crippen molar-refractivity contribution in [1.82, 2.24) is 13.7 Å². The second kappa shape index (κ2) is 12.2. The van der Waals surface area contributed by atoms with Crippen LogP contribution in [-0.4, -0.2) is 20.4 Å². The van der Waals surface area contributed by atoms with Crippen LogP contribution in [0.15, 0.2) is 170 Å². The minimum absolute atomic E-state index is 0.00783. The number of fused-ring (bicyclic) bond motifs is 16. The number of hydrogen-bond acceptors (Lipinski definition) is 0. The van der Waals surface area contributed by atoms with Crippen LogP contribution < -0.4 is 16.4 Å². The summed E-state index contributed by atoms with van der Waals surface area (Å²) in [5.41, 5.74) is 23.4. The van der Waals surface area contributed by atoms with Crippen molar-refractivity contribution >= 4 is 110 Å². The van der Waals surface area contributed by atoms with Crippen molar-refractivity contribution in [1.29, 1.82) is 0 Å². The van der Waals surface area contributed by atoms with Gasteiger partial charge in [0.05, 0.1) is 33.3 Å². The van der Waals surface area contributed by atoms with Crippen LogP contribution in [0.4, 0.5) is 0 Å². The monoisotopic (exact) mass is 867 g/mol. The summed E-state index contributed by atoms with van der Waals surface area (Å²) in [7, 11) is 0. The van der Waals surface area contributed by atoms with Crippen molar-refractivity contribution in [3.63, 3.8) is 0 Å². The average molecular weight is 868 g/mol. The summed E-state index contributed by atoms with van der Waals surface area (Å²) >= 11 is 0. The molecule has 2 aliphatic heterocycles. The van der Waals surface area contributed by atoms with Gasteiger partial charge in [0.15, 0.2) is 0 Å². The van der Waals surface area contributed by atoms with Crippen LogP contribution in [0, 0.1) is 0 Å². The van der Waals surface area contributed by atoms with Crippen LogP contribution >= 0.6 is 0 Å². The molecule has 3 aromatic heterocycles. The first-order chi connectivity index (χ1) is 33.0. The Morgan fingerprint density at radius 1 is 0.353 bits per heavy atom. The highest BCUT2D eigenvalue weighted by Gasteiger charge is 2.43. The highest BCUT2D eigenvalue weighted by molar-refractivity contribution is 7.00. The fourth-order valence-electron chi connectivity index (χ4n) is 13.4. The molecule has 0 spiro atoms. The molecule has 4 heteroatoms. The minimum Gasteiger partial charge on any atom is -0.310 e. The van der Waals surface area contributed by atoms with E-state index in [1.165, 1.54) is 154 Å². The molecule has 0 saturated carbocycles. The van der Waals surface area contributed by atoms with Crippen LogP contribution in [-0.2, 0) is 10.8 Å². The van der Waals surface area contributed by atoms with E-state index in [4.69, 9.17) is 0 Å². The van der Waals surface area contributed by atoms with Gasteiger partial charge in [0.2, 0.25) is 0 Å². The van der Waals surface area contributed by atoms with Crippen molar-refractivity contribution in [2.45, 2.75) is 52.4 Å². The van der Waals surface area contributed by atoms with Gasteiger partial charge < -0.3 is 13.7 Å². The maximum absolute atomic E-state index is 2.68. The van der Waals surface area contributed by atoms with Crippen molar-refractivity contribution in [2.75, 3.05) is 0 Å². The summed E-state index contributed by atoms with van der Waals surface area (Å²) < 4.78 is 7.91. The lowest BCUT2D eigenvalue weighted by Gasteiger charge is -2.34. The summed E-state index contributed by atoms with van der Waals surface area (Å²) in [5, 5.41) is 13.2. The first-order valence-electron chi connectivity index (χ1n) is 24.4. The van der Waals surface area contributed by atoms with Crippen molar-refractivity contribution in [2.24, 2.45) is 0 Å². The molecule has 10 aromatic carbocycles. The summed E-state index contributed by atoms with van der Waals surface area (Å²) in [4.78, 5) is 0. The zero-order chi connectivity index (χ0) is 45.3. The molecule has 68 heavy (non-hydrogen) atoms. The Balaban J connectivity index is 1.13. The standard InChI is InChI=1S/C64H46BN3/c1-63(2,3)37-25-28-50-46(31-37)47-32-38(64(4,5)6)26-29-51(47)66(50)39-33-54-60-55(34-39)68-52-23-13-20-44-42-18-10-9-17-41(42)43-19-11-15-36-30-49(62(68)59(56(36)43)58(44)52)65(60)48-22-12-21-45-57-40-16-8-7-14-35(40)24-27-53(57)67(54)61(45)48/h7-34H,1-6H3. The summed E-state index contributed by atoms with van der Waals surface area (Å²) in [6.07, 6.45) is 0. The third-order valence-electron chi connectivity index (χ3n) is 16.4. The van der Waals surface area contributed by atoms with E-state index in [1.807, 2.05) is 0 Å². The van der Waals surface area contributed by atoms with E-state index in [0.29, 0.717) is 0 Å². The third kappa shape index (κ3) is 4.43. The summed E-state index contributed by atoms with van der Waals surface area (Å²) in [5.74, 6) is 0. The topological polar surface area (TPSA) is 14.8 Å². The molecule has 0 unspecified atom stereocenters. The van der Waals surface area contributed by atoms with Crippen LogP contribution in [0.25, 0.3) is 126 Å². The van der Waals surface area contributed by atoms with Gasteiger partial charge >= 0.3 is 0 Å². The Bertz CT molecular complexity index is 4450. The van der Waals surface area contributed by atoms with Gasteiger partial charge in [-0.25, -0.2) is 0 Å². The Kier molecular flexibility index (Phi) is 6.69. The van der Waals surface area contributed by atoms with Gasteiger partial charge in [-0.1, -0.05) is 163 Å². The van der Waals surface area contributed by atoms with Crippen LogP contribution in [0.3, 0.4) is 0 Å². The van der Waals surface area contributed by atoms with E-state index < -0.39 is 0 Å². The molecule has 0 saturated heterocycles. The fourth-order valence-corrected chi connectivity index (χ4v) is 13.4. The largest absolute Gasteiger partial charge is 0.310 e. The highest BCUT2D eigenvalue weighted by Crippen LogP contribution is 2.51. The molecule has 3 nitrogen and oxygen atoms in total. The molecule has 0 N–H and O–H groups in total. The van der Waals surface area contributed by atoms with Crippen LogP contribution in [0.1, 0.15) is 52.7 Å². The van der Waals surface area contributed by atoms with Gasteiger partial charge in [0.25, 0.3) is 6.71 Å². The van der Waals surface area contributed by atoms with Gasteiger partial charge in [-0.15, -0.1) is 0 Å². The van der Waals surface area contributed by atoms with Crippen molar-refractivity contribution in [3.8, 4) is 39.3 Å². The Morgan fingerprint density at radius 2 is 0.912 bits per heavy atom. The number of para-hydroxylation sites is 1. The van der Waals surface area contributed by atoms with E-state index in [0.717, 1.165) is 0 Å². The third-order valence-corrected chi connectivity index (χ3v) is 16.4. The highest BCUT2D eigenvalue weighted by atomic mass is 15.1.